The largest absolute Gasteiger partial charge is 0.319 e. The third-order valence-electron chi connectivity index (χ3n) is 2.69. The van der Waals surface area contributed by atoms with E-state index in [4.69, 9.17) is 0 Å². The summed E-state index contributed by atoms with van der Waals surface area (Å²) in [6.07, 6.45) is 0. The molecule has 0 aliphatic heterocycles. The first-order chi connectivity index (χ1) is 9.38. The molecule has 106 valence electrons. The fourth-order valence-corrected chi connectivity index (χ4v) is 2.61. The second-order valence-electron chi connectivity index (χ2n) is 4.70. The van der Waals surface area contributed by atoms with E-state index < -0.39 is 17.5 Å². The van der Waals surface area contributed by atoms with Gasteiger partial charge in [0.1, 0.15) is 16.5 Å². The minimum absolute atomic E-state index is 0.0460. The maximum atomic E-state index is 13.5. The van der Waals surface area contributed by atoms with E-state index in [1.165, 1.54) is 17.4 Å². The van der Waals surface area contributed by atoms with Crippen molar-refractivity contribution in [2.45, 2.75) is 26.7 Å². The highest BCUT2D eigenvalue weighted by molar-refractivity contribution is 7.14. The number of nitrogens with one attached hydrogen (secondary N) is 1. The van der Waals surface area contributed by atoms with E-state index in [9.17, 15) is 13.6 Å². The average molecular weight is 296 g/mol. The Morgan fingerprint density at radius 2 is 2.05 bits per heavy atom. The lowest BCUT2D eigenvalue weighted by Gasteiger charge is -2.05. The molecule has 2 rings (SSSR count). The number of aromatic nitrogens is 1. The number of benzene rings is 1. The van der Waals surface area contributed by atoms with Crippen molar-refractivity contribution in [1.82, 2.24) is 4.98 Å². The van der Waals surface area contributed by atoms with Crippen LogP contribution in [0.2, 0.25) is 0 Å². The first-order valence-electron chi connectivity index (χ1n) is 6.12. The number of carbonyl (C=O) groups is 1. The van der Waals surface area contributed by atoms with Gasteiger partial charge in [-0.3, -0.25) is 4.79 Å². The Bertz CT molecular complexity index is 653. The third kappa shape index (κ3) is 3.01. The van der Waals surface area contributed by atoms with Gasteiger partial charge in [0.25, 0.3) is 5.91 Å². The molecular formula is C14H14F2N2OS. The lowest BCUT2D eigenvalue weighted by molar-refractivity contribution is 0.102. The minimum Gasteiger partial charge on any atom is -0.319 e. The van der Waals surface area contributed by atoms with Crippen LogP contribution in [0.4, 0.5) is 14.5 Å². The Labute approximate surface area is 119 Å². The first kappa shape index (κ1) is 14.6. The van der Waals surface area contributed by atoms with E-state index in [2.05, 4.69) is 10.3 Å². The van der Waals surface area contributed by atoms with Gasteiger partial charge >= 0.3 is 0 Å². The molecule has 6 heteroatoms. The zero-order valence-electron chi connectivity index (χ0n) is 11.3. The van der Waals surface area contributed by atoms with Gasteiger partial charge in [-0.1, -0.05) is 13.8 Å². The topological polar surface area (TPSA) is 42.0 Å². The van der Waals surface area contributed by atoms with Crippen molar-refractivity contribution in [3.05, 3.63) is 45.4 Å². The fourth-order valence-electron chi connectivity index (χ4n) is 1.64. The van der Waals surface area contributed by atoms with Crippen molar-refractivity contribution in [3.8, 4) is 0 Å². The SMILES string of the molecule is Cc1nc(C(C)C)sc1C(=O)Nc1ccc(F)cc1F. The number of rotatable bonds is 3. The number of carbonyl (C=O) groups excluding carboxylic acids is 1. The molecule has 0 bridgehead atoms. The molecule has 1 aromatic heterocycles. The van der Waals surface area contributed by atoms with E-state index in [1.807, 2.05) is 13.8 Å². The van der Waals surface area contributed by atoms with E-state index in [0.29, 0.717) is 10.6 Å². The smallest absolute Gasteiger partial charge is 0.267 e. The summed E-state index contributed by atoms with van der Waals surface area (Å²) in [5.41, 5.74) is 0.564. The van der Waals surface area contributed by atoms with Gasteiger partial charge in [-0.2, -0.15) is 0 Å². The Kier molecular flexibility index (Phi) is 4.13. The van der Waals surface area contributed by atoms with Crippen LogP contribution >= 0.6 is 11.3 Å². The van der Waals surface area contributed by atoms with Gasteiger partial charge in [-0.25, -0.2) is 13.8 Å². The van der Waals surface area contributed by atoms with Gasteiger partial charge in [0.15, 0.2) is 0 Å². The summed E-state index contributed by atoms with van der Waals surface area (Å²) in [6, 6.07) is 3.02. The van der Waals surface area contributed by atoms with Crippen molar-refractivity contribution >= 4 is 22.9 Å². The fraction of sp³-hybridized carbons (Fsp3) is 0.286. The zero-order valence-corrected chi connectivity index (χ0v) is 12.1. The Morgan fingerprint density at radius 1 is 1.35 bits per heavy atom. The molecule has 0 fully saturated rings. The molecule has 20 heavy (non-hydrogen) atoms. The number of halogens is 2. The normalized spacial score (nSPS) is 10.9. The molecule has 0 saturated carbocycles. The lowest BCUT2D eigenvalue weighted by Crippen LogP contribution is -2.12. The van der Waals surface area contributed by atoms with Gasteiger partial charge in [0.2, 0.25) is 0 Å². The molecule has 0 spiro atoms. The molecule has 0 atom stereocenters. The third-order valence-corrected chi connectivity index (χ3v) is 4.15. The van der Waals surface area contributed by atoms with Crippen LogP contribution in [0.5, 0.6) is 0 Å². The Morgan fingerprint density at radius 3 is 2.60 bits per heavy atom. The number of aryl methyl sites for hydroxylation is 1. The first-order valence-corrected chi connectivity index (χ1v) is 6.94. The van der Waals surface area contributed by atoms with E-state index in [0.717, 1.165) is 17.1 Å². The van der Waals surface area contributed by atoms with Gasteiger partial charge in [-0.15, -0.1) is 11.3 Å². The summed E-state index contributed by atoms with van der Waals surface area (Å²) < 4.78 is 26.3. The Balaban J connectivity index is 2.24. The van der Waals surface area contributed by atoms with Crippen molar-refractivity contribution in [1.29, 1.82) is 0 Å². The predicted octanol–water partition coefficient (Wildman–Crippen LogP) is 4.11. The molecule has 0 saturated heterocycles. The number of hydrogen-bond acceptors (Lipinski definition) is 3. The quantitative estimate of drug-likeness (QED) is 0.926. The van der Waals surface area contributed by atoms with Crippen molar-refractivity contribution in [2.75, 3.05) is 5.32 Å². The molecule has 0 aliphatic rings. The summed E-state index contributed by atoms with van der Waals surface area (Å²) in [7, 11) is 0. The monoisotopic (exact) mass is 296 g/mol. The van der Waals surface area contributed by atoms with E-state index >= 15 is 0 Å². The number of thiazole rings is 1. The maximum Gasteiger partial charge on any atom is 0.267 e. The summed E-state index contributed by atoms with van der Waals surface area (Å²) in [5, 5.41) is 3.29. The van der Waals surface area contributed by atoms with Crippen LogP contribution in [0.25, 0.3) is 0 Å². The van der Waals surface area contributed by atoms with Gasteiger partial charge in [0, 0.05) is 12.0 Å². The van der Waals surface area contributed by atoms with Crippen LogP contribution in [0.1, 0.15) is 40.1 Å². The maximum absolute atomic E-state index is 13.5. The van der Waals surface area contributed by atoms with Crippen LogP contribution in [-0.4, -0.2) is 10.9 Å². The summed E-state index contributed by atoms with van der Waals surface area (Å²) in [6.45, 7) is 5.71. The minimum atomic E-state index is -0.801. The molecule has 0 unspecified atom stereocenters. The lowest BCUT2D eigenvalue weighted by atomic mass is 10.2. The van der Waals surface area contributed by atoms with Crippen molar-refractivity contribution in [3.63, 3.8) is 0 Å². The standard InChI is InChI=1S/C14H14F2N2OS/c1-7(2)14-17-8(3)12(20-14)13(19)18-11-5-4-9(15)6-10(11)16/h4-7H,1-3H3,(H,18,19). The zero-order chi connectivity index (χ0) is 14.9. The van der Waals surface area contributed by atoms with Crippen molar-refractivity contribution < 1.29 is 13.6 Å². The highest BCUT2D eigenvalue weighted by Gasteiger charge is 2.18. The predicted molar refractivity (Wildman–Crippen MR) is 75.3 cm³/mol. The number of hydrogen-bond donors (Lipinski definition) is 1. The highest BCUT2D eigenvalue weighted by Crippen LogP contribution is 2.25. The molecular weight excluding hydrogens is 282 g/mol. The van der Waals surface area contributed by atoms with E-state index in [-0.39, 0.29) is 11.6 Å². The summed E-state index contributed by atoms with van der Waals surface area (Å²) in [5.74, 6) is -1.69. The summed E-state index contributed by atoms with van der Waals surface area (Å²) in [4.78, 5) is 16.9. The van der Waals surface area contributed by atoms with Crippen LogP contribution < -0.4 is 5.32 Å². The highest BCUT2D eigenvalue weighted by atomic mass is 32.1. The second-order valence-corrected chi connectivity index (χ2v) is 5.73. The number of amides is 1. The molecule has 0 radical (unpaired) electrons. The van der Waals surface area contributed by atoms with Gasteiger partial charge in [-0.05, 0) is 19.1 Å². The second kappa shape index (κ2) is 5.66. The summed E-state index contributed by atoms with van der Waals surface area (Å²) >= 11 is 1.28. The van der Waals surface area contributed by atoms with Gasteiger partial charge in [0.05, 0.1) is 16.4 Å². The average Bonchev–Trinajstić information content (AvgIpc) is 2.75. The number of nitrogens with zero attached hydrogens (tertiary/aromatic N) is 1. The van der Waals surface area contributed by atoms with Crippen molar-refractivity contribution in [2.24, 2.45) is 0 Å². The van der Waals surface area contributed by atoms with E-state index in [1.54, 1.807) is 6.92 Å². The van der Waals surface area contributed by atoms with Crippen LogP contribution in [0.3, 0.4) is 0 Å². The molecule has 2 aromatic rings. The van der Waals surface area contributed by atoms with Crippen LogP contribution in [0.15, 0.2) is 18.2 Å². The van der Waals surface area contributed by atoms with Crippen LogP contribution in [0, 0.1) is 18.6 Å². The molecule has 1 aromatic carbocycles. The molecule has 1 N–H and O–H groups in total. The Hall–Kier alpha value is -1.82. The van der Waals surface area contributed by atoms with Crippen LogP contribution in [-0.2, 0) is 0 Å². The molecule has 0 aliphatic carbocycles. The number of anilines is 1. The molecule has 1 heterocycles. The molecule has 1 amide bonds. The van der Waals surface area contributed by atoms with Gasteiger partial charge < -0.3 is 5.32 Å². The molecule has 3 nitrogen and oxygen atoms in total.